The molecule has 4 fully saturated rings. The van der Waals surface area contributed by atoms with E-state index in [1.807, 2.05) is 0 Å². The summed E-state index contributed by atoms with van der Waals surface area (Å²) in [5.41, 5.74) is 1.81. The number of ether oxygens (including phenoxy) is 1. The van der Waals surface area contributed by atoms with Gasteiger partial charge in [0.2, 0.25) is 0 Å². The Labute approximate surface area is 173 Å². The topological polar surface area (TPSA) is 9.23 Å². The summed E-state index contributed by atoms with van der Waals surface area (Å²) in [5.74, 6) is 6.04. The van der Waals surface area contributed by atoms with Crippen LogP contribution in [0.25, 0.3) is 0 Å². The Kier molecular flexibility index (Phi) is 5.34. The summed E-state index contributed by atoms with van der Waals surface area (Å²) >= 11 is 0. The molecule has 4 saturated carbocycles. The van der Waals surface area contributed by atoms with Crippen LogP contribution in [0, 0.1) is 35.0 Å². The van der Waals surface area contributed by atoms with Gasteiger partial charge < -0.3 is 4.74 Å². The highest BCUT2D eigenvalue weighted by Gasteiger charge is 2.58. The van der Waals surface area contributed by atoms with Gasteiger partial charge in [-0.25, -0.2) is 0 Å². The Morgan fingerprint density at radius 2 is 1.39 bits per heavy atom. The molecule has 1 nitrogen and oxygen atoms in total. The zero-order chi connectivity index (χ0) is 20.1. The molecule has 0 N–H and O–H groups in total. The van der Waals surface area contributed by atoms with Gasteiger partial charge in [0.25, 0.3) is 0 Å². The number of benzene rings is 1. The molecule has 0 aliphatic heterocycles. The fraction of sp³-hybridized carbons (Fsp3) is 0.778. The van der Waals surface area contributed by atoms with Crippen molar-refractivity contribution < 1.29 is 4.74 Å². The average molecular weight is 383 g/mol. The van der Waals surface area contributed by atoms with Crippen molar-refractivity contribution in [3.05, 3.63) is 29.8 Å². The van der Waals surface area contributed by atoms with Gasteiger partial charge in [-0.2, -0.15) is 0 Å². The van der Waals surface area contributed by atoms with Gasteiger partial charge in [0.1, 0.15) is 11.4 Å². The quantitative estimate of drug-likeness (QED) is 0.466. The average Bonchev–Trinajstić information content (AvgIpc) is 2.58. The smallest absolute Gasteiger partial charge is 0.120 e. The van der Waals surface area contributed by atoms with Crippen LogP contribution >= 0.6 is 0 Å². The van der Waals surface area contributed by atoms with Crippen molar-refractivity contribution in [2.24, 2.45) is 35.0 Å². The normalized spacial score (nSPS) is 32.9. The number of rotatable bonds is 7. The first-order valence-electron chi connectivity index (χ1n) is 12.0. The van der Waals surface area contributed by atoms with Gasteiger partial charge >= 0.3 is 0 Å². The van der Waals surface area contributed by atoms with Crippen molar-refractivity contribution in [3.8, 4) is 5.75 Å². The Balaban J connectivity index is 1.49. The standard InChI is InChI=1S/C27H42O/c1-18(2)11-25(19(3)4)23-7-9-24(10-8-23)28-26(5,6)27-15-20-12-21(16-27)14-22(13-20)17-27/h7-10,18-22,25H,11-17H2,1-6H3. The molecule has 1 atom stereocenters. The van der Waals surface area contributed by atoms with Gasteiger partial charge in [-0.05, 0) is 112 Å². The lowest BCUT2D eigenvalue weighted by atomic mass is 9.46. The van der Waals surface area contributed by atoms with E-state index in [2.05, 4.69) is 65.8 Å². The molecule has 0 aromatic heterocycles. The van der Waals surface area contributed by atoms with Gasteiger partial charge in [-0.1, -0.05) is 39.8 Å². The summed E-state index contributed by atoms with van der Waals surface area (Å²) in [6.07, 6.45) is 9.94. The SMILES string of the molecule is CC(C)CC(c1ccc(OC(C)(C)C23CC4CC(CC(C4)C2)C3)cc1)C(C)C. The van der Waals surface area contributed by atoms with E-state index in [0.29, 0.717) is 17.3 Å². The first kappa shape index (κ1) is 20.3. The molecule has 1 unspecified atom stereocenters. The zero-order valence-corrected chi connectivity index (χ0v) is 19.1. The largest absolute Gasteiger partial charge is 0.487 e. The summed E-state index contributed by atoms with van der Waals surface area (Å²) < 4.78 is 6.76. The Bertz CT molecular complexity index is 631. The molecule has 0 radical (unpaired) electrons. The highest BCUT2D eigenvalue weighted by Crippen LogP contribution is 2.64. The lowest BCUT2D eigenvalue weighted by molar-refractivity contribution is -0.150. The molecule has 4 bridgehead atoms. The molecule has 1 heteroatoms. The van der Waals surface area contributed by atoms with Crippen LogP contribution in [-0.2, 0) is 0 Å². The molecule has 1 aromatic rings. The molecule has 28 heavy (non-hydrogen) atoms. The molecule has 4 aliphatic rings. The molecular formula is C27H42O. The minimum atomic E-state index is -0.0695. The predicted molar refractivity (Wildman–Crippen MR) is 119 cm³/mol. The van der Waals surface area contributed by atoms with Gasteiger partial charge in [0.15, 0.2) is 0 Å². The van der Waals surface area contributed by atoms with Crippen molar-refractivity contribution in [1.82, 2.24) is 0 Å². The third-order valence-electron chi connectivity index (χ3n) is 8.53. The zero-order valence-electron chi connectivity index (χ0n) is 19.1. The van der Waals surface area contributed by atoms with Crippen molar-refractivity contribution in [1.29, 1.82) is 0 Å². The molecule has 5 rings (SSSR count). The number of hydrogen-bond donors (Lipinski definition) is 0. The summed E-state index contributed by atoms with van der Waals surface area (Å²) in [6, 6.07) is 9.15. The maximum absolute atomic E-state index is 6.76. The summed E-state index contributed by atoms with van der Waals surface area (Å²) in [7, 11) is 0. The van der Waals surface area contributed by atoms with Crippen molar-refractivity contribution in [2.75, 3.05) is 0 Å². The van der Waals surface area contributed by atoms with E-state index in [9.17, 15) is 0 Å². The van der Waals surface area contributed by atoms with Gasteiger partial charge in [0, 0.05) is 5.41 Å². The third kappa shape index (κ3) is 3.75. The van der Waals surface area contributed by atoms with Crippen molar-refractivity contribution >= 4 is 0 Å². The highest BCUT2D eigenvalue weighted by atomic mass is 16.5. The number of hydrogen-bond acceptors (Lipinski definition) is 1. The second-order valence-electron chi connectivity index (χ2n) is 11.9. The monoisotopic (exact) mass is 382 g/mol. The maximum atomic E-state index is 6.76. The molecule has 4 aliphatic carbocycles. The fourth-order valence-corrected chi connectivity index (χ4v) is 7.33. The van der Waals surface area contributed by atoms with Crippen molar-refractivity contribution in [2.45, 2.75) is 98.0 Å². The van der Waals surface area contributed by atoms with Crippen molar-refractivity contribution in [3.63, 3.8) is 0 Å². The minimum Gasteiger partial charge on any atom is -0.487 e. The van der Waals surface area contributed by atoms with Crippen LogP contribution in [0.15, 0.2) is 24.3 Å². The fourth-order valence-electron chi connectivity index (χ4n) is 7.33. The molecule has 0 saturated heterocycles. The molecule has 0 spiro atoms. The molecular weight excluding hydrogens is 340 g/mol. The van der Waals surface area contributed by atoms with Crippen LogP contribution in [0.1, 0.15) is 98.0 Å². The maximum Gasteiger partial charge on any atom is 0.120 e. The summed E-state index contributed by atoms with van der Waals surface area (Å²) in [4.78, 5) is 0. The van der Waals surface area contributed by atoms with Gasteiger partial charge in [-0.3, -0.25) is 0 Å². The minimum absolute atomic E-state index is 0.0695. The van der Waals surface area contributed by atoms with Crippen LogP contribution < -0.4 is 4.74 Å². The summed E-state index contributed by atoms with van der Waals surface area (Å²) in [6.45, 7) is 14.1. The van der Waals surface area contributed by atoms with Gasteiger partial charge in [-0.15, -0.1) is 0 Å². The first-order valence-corrected chi connectivity index (χ1v) is 12.0. The second kappa shape index (κ2) is 7.37. The Hall–Kier alpha value is -0.980. The van der Waals surface area contributed by atoms with E-state index >= 15 is 0 Å². The predicted octanol–water partition coefficient (Wildman–Crippen LogP) is 7.85. The molecule has 0 amide bonds. The third-order valence-corrected chi connectivity index (χ3v) is 8.53. The van der Waals surface area contributed by atoms with Crippen LogP contribution in [-0.4, -0.2) is 5.60 Å². The van der Waals surface area contributed by atoms with E-state index in [0.717, 1.165) is 29.4 Å². The van der Waals surface area contributed by atoms with Crippen LogP contribution in [0.4, 0.5) is 0 Å². The van der Waals surface area contributed by atoms with Crippen LogP contribution in [0.2, 0.25) is 0 Å². The molecule has 1 aromatic carbocycles. The van der Waals surface area contributed by atoms with E-state index in [-0.39, 0.29) is 5.60 Å². The van der Waals surface area contributed by atoms with E-state index in [1.165, 1.54) is 50.5 Å². The Morgan fingerprint density at radius 3 is 1.82 bits per heavy atom. The van der Waals surface area contributed by atoms with E-state index < -0.39 is 0 Å². The van der Waals surface area contributed by atoms with E-state index in [1.54, 1.807) is 0 Å². The van der Waals surface area contributed by atoms with E-state index in [4.69, 9.17) is 4.74 Å². The first-order chi connectivity index (χ1) is 13.2. The molecule has 156 valence electrons. The molecule has 0 heterocycles. The Morgan fingerprint density at radius 1 is 0.893 bits per heavy atom. The van der Waals surface area contributed by atoms with Crippen LogP contribution in [0.3, 0.4) is 0 Å². The lowest BCUT2D eigenvalue weighted by Gasteiger charge is -2.61. The second-order valence-corrected chi connectivity index (χ2v) is 11.9. The lowest BCUT2D eigenvalue weighted by Crippen LogP contribution is -2.58. The van der Waals surface area contributed by atoms with Gasteiger partial charge in [0.05, 0.1) is 0 Å². The summed E-state index contributed by atoms with van der Waals surface area (Å²) in [5, 5.41) is 0. The van der Waals surface area contributed by atoms with Crippen LogP contribution in [0.5, 0.6) is 5.75 Å². The highest BCUT2D eigenvalue weighted by molar-refractivity contribution is 5.31.